The van der Waals surface area contributed by atoms with Crippen LogP contribution in [0.25, 0.3) is 0 Å². The first kappa shape index (κ1) is 16.4. The maximum atomic E-state index is 12.8. The van der Waals surface area contributed by atoms with Crippen molar-refractivity contribution in [3.8, 4) is 0 Å². The summed E-state index contributed by atoms with van der Waals surface area (Å²) in [7, 11) is -3.63. The molecule has 1 aromatic rings. The summed E-state index contributed by atoms with van der Waals surface area (Å²) < 4.78 is 27.1. The van der Waals surface area contributed by atoms with E-state index in [0.717, 1.165) is 19.3 Å². The van der Waals surface area contributed by atoms with E-state index in [4.69, 9.17) is 34.8 Å². The van der Waals surface area contributed by atoms with E-state index in [1.54, 1.807) is 6.07 Å². The molecule has 1 aliphatic rings. The van der Waals surface area contributed by atoms with Crippen molar-refractivity contribution in [3.63, 3.8) is 0 Å². The fraction of sp³-hybridized carbons (Fsp3) is 0.538. The molecule has 0 saturated carbocycles. The quantitative estimate of drug-likeness (QED) is 0.754. The Balaban J connectivity index is 2.52. The lowest BCUT2D eigenvalue weighted by Crippen LogP contribution is -2.35. The van der Waals surface area contributed by atoms with Gasteiger partial charge in [-0.05, 0) is 37.0 Å². The number of alkyl halides is 1. The molecule has 7 heteroatoms. The fourth-order valence-electron chi connectivity index (χ4n) is 2.56. The van der Waals surface area contributed by atoms with Crippen molar-refractivity contribution in [2.75, 3.05) is 6.54 Å². The smallest absolute Gasteiger partial charge is 0.207 e. The monoisotopic (exact) mass is 355 g/mol. The van der Waals surface area contributed by atoms with Gasteiger partial charge < -0.3 is 0 Å². The van der Waals surface area contributed by atoms with E-state index in [9.17, 15) is 8.42 Å². The van der Waals surface area contributed by atoms with Gasteiger partial charge in [0.05, 0.1) is 5.02 Å². The number of hydrogen-bond acceptors (Lipinski definition) is 2. The zero-order valence-electron chi connectivity index (χ0n) is 11.1. The van der Waals surface area contributed by atoms with E-state index in [2.05, 4.69) is 0 Å². The molecule has 1 aliphatic heterocycles. The van der Waals surface area contributed by atoms with Gasteiger partial charge in [0.1, 0.15) is 4.90 Å². The van der Waals surface area contributed by atoms with Gasteiger partial charge in [0.15, 0.2) is 0 Å². The first-order valence-electron chi connectivity index (χ1n) is 6.47. The van der Waals surface area contributed by atoms with Crippen LogP contribution in [0.4, 0.5) is 0 Å². The zero-order valence-corrected chi connectivity index (χ0v) is 14.2. The second-order valence-electron chi connectivity index (χ2n) is 4.83. The molecule has 0 aromatic heterocycles. The molecular weight excluding hydrogens is 341 g/mol. The molecule has 0 spiro atoms. The SMILES string of the molecule is CCC1CCCN1S(=O)(=O)c1cc(Cl)cc(CCl)c1Cl. The third-order valence-corrected chi connectivity index (χ3v) is 6.64. The van der Waals surface area contributed by atoms with Crippen LogP contribution in [0.1, 0.15) is 31.7 Å². The summed E-state index contributed by atoms with van der Waals surface area (Å²) in [5.74, 6) is 0.124. The van der Waals surface area contributed by atoms with Gasteiger partial charge in [-0.25, -0.2) is 8.42 Å². The van der Waals surface area contributed by atoms with Crippen molar-refractivity contribution < 1.29 is 8.42 Å². The van der Waals surface area contributed by atoms with E-state index in [1.807, 2.05) is 6.92 Å². The molecule has 0 radical (unpaired) electrons. The molecular formula is C13H16Cl3NO2S. The maximum Gasteiger partial charge on any atom is 0.244 e. The molecule has 1 saturated heterocycles. The first-order valence-corrected chi connectivity index (χ1v) is 9.20. The summed E-state index contributed by atoms with van der Waals surface area (Å²) in [4.78, 5) is 0.0580. The molecule has 112 valence electrons. The number of rotatable bonds is 4. The van der Waals surface area contributed by atoms with Crippen LogP contribution >= 0.6 is 34.8 Å². The molecule has 0 amide bonds. The molecule has 1 atom stereocenters. The standard InChI is InChI=1S/C13H16Cl3NO2S/c1-2-11-4-3-5-17(11)20(18,19)12-7-10(15)6-9(8-14)13(12)16/h6-7,11H,2-5,8H2,1H3. The van der Waals surface area contributed by atoms with E-state index in [0.29, 0.717) is 17.1 Å². The molecule has 2 rings (SSSR count). The lowest BCUT2D eigenvalue weighted by atomic mass is 10.2. The van der Waals surface area contributed by atoms with Gasteiger partial charge in [0, 0.05) is 23.5 Å². The van der Waals surface area contributed by atoms with Gasteiger partial charge in [-0.15, -0.1) is 11.6 Å². The van der Waals surface area contributed by atoms with E-state index in [1.165, 1.54) is 10.4 Å². The van der Waals surface area contributed by atoms with Gasteiger partial charge in [-0.1, -0.05) is 30.1 Å². The number of hydrogen-bond donors (Lipinski definition) is 0. The maximum absolute atomic E-state index is 12.8. The first-order chi connectivity index (χ1) is 9.41. The van der Waals surface area contributed by atoms with Crippen LogP contribution in [-0.4, -0.2) is 25.3 Å². The molecule has 0 N–H and O–H groups in total. The highest BCUT2D eigenvalue weighted by Gasteiger charge is 2.35. The van der Waals surface area contributed by atoms with Crippen molar-refractivity contribution in [2.24, 2.45) is 0 Å². The molecule has 0 bridgehead atoms. The predicted molar refractivity (Wildman–Crippen MR) is 83.2 cm³/mol. The highest BCUT2D eigenvalue weighted by Crippen LogP contribution is 2.35. The Morgan fingerprint density at radius 1 is 1.35 bits per heavy atom. The van der Waals surface area contributed by atoms with E-state index < -0.39 is 10.0 Å². The summed E-state index contributed by atoms with van der Waals surface area (Å²) >= 11 is 18.0. The second kappa shape index (κ2) is 6.41. The zero-order chi connectivity index (χ0) is 14.9. The number of nitrogens with zero attached hydrogens (tertiary/aromatic N) is 1. The topological polar surface area (TPSA) is 37.4 Å². The largest absolute Gasteiger partial charge is 0.244 e. The minimum atomic E-state index is -3.63. The Hall–Kier alpha value is -0.000000000000000111. The van der Waals surface area contributed by atoms with Crippen LogP contribution in [0, 0.1) is 0 Å². The van der Waals surface area contributed by atoms with Crippen molar-refractivity contribution in [1.29, 1.82) is 0 Å². The highest BCUT2D eigenvalue weighted by molar-refractivity contribution is 7.89. The Kier molecular flexibility index (Phi) is 5.24. The molecule has 1 fully saturated rings. The fourth-order valence-corrected chi connectivity index (χ4v) is 5.52. The van der Waals surface area contributed by atoms with Crippen molar-refractivity contribution in [2.45, 2.75) is 43.0 Å². The molecule has 20 heavy (non-hydrogen) atoms. The second-order valence-corrected chi connectivity index (χ2v) is 7.77. The average molecular weight is 357 g/mol. The van der Waals surface area contributed by atoms with Crippen LogP contribution in [-0.2, 0) is 15.9 Å². The van der Waals surface area contributed by atoms with E-state index in [-0.39, 0.29) is 21.8 Å². The van der Waals surface area contributed by atoms with Gasteiger partial charge in [0.25, 0.3) is 0 Å². The van der Waals surface area contributed by atoms with Gasteiger partial charge in [-0.3, -0.25) is 0 Å². The Bertz CT molecular complexity index is 604. The third kappa shape index (κ3) is 2.95. The normalized spacial score (nSPS) is 20.5. The van der Waals surface area contributed by atoms with Gasteiger partial charge in [0.2, 0.25) is 10.0 Å². The minimum absolute atomic E-state index is 0.0366. The van der Waals surface area contributed by atoms with Gasteiger partial charge >= 0.3 is 0 Å². The molecule has 1 unspecified atom stereocenters. The van der Waals surface area contributed by atoms with Crippen molar-refractivity contribution in [1.82, 2.24) is 4.31 Å². The molecule has 1 heterocycles. The van der Waals surface area contributed by atoms with Gasteiger partial charge in [-0.2, -0.15) is 4.31 Å². The lowest BCUT2D eigenvalue weighted by molar-refractivity contribution is 0.379. The predicted octanol–water partition coefficient (Wildman–Crippen LogP) is 4.30. The van der Waals surface area contributed by atoms with Crippen LogP contribution in [0.2, 0.25) is 10.0 Å². The van der Waals surface area contributed by atoms with Crippen LogP contribution in [0.3, 0.4) is 0 Å². The highest BCUT2D eigenvalue weighted by atomic mass is 35.5. The summed E-state index contributed by atoms with van der Waals surface area (Å²) in [6, 6.07) is 3.03. The third-order valence-electron chi connectivity index (χ3n) is 3.60. The summed E-state index contributed by atoms with van der Waals surface area (Å²) in [5, 5.41) is 0.502. The molecule has 0 aliphatic carbocycles. The van der Waals surface area contributed by atoms with Crippen molar-refractivity contribution >= 4 is 44.8 Å². The minimum Gasteiger partial charge on any atom is -0.207 e. The number of benzene rings is 1. The molecule has 1 aromatic carbocycles. The number of sulfonamides is 1. The summed E-state index contributed by atoms with van der Waals surface area (Å²) in [6.45, 7) is 2.52. The Morgan fingerprint density at radius 2 is 2.05 bits per heavy atom. The summed E-state index contributed by atoms with van der Waals surface area (Å²) in [6.07, 6.45) is 2.55. The average Bonchev–Trinajstić information content (AvgIpc) is 2.89. The van der Waals surface area contributed by atoms with Crippen LogP contribution in [0.15, 0.2) is 17.0 Å². The number of halogens is 3. The summed E-state index contributed by atoms with van der Waals surface area (Å²) in [5.41, 5.74) is 0.534. The van der Waals surface area contributed by atoms with Crippen molar-refractivity contribution in [3.05, 3.63) is 27.7 Å². The van der Waals surface area contributed by atoms with Crippen LogP contribution < -0.4 is 0 Å². The Morgan fingerprint density at radius 3 is 2.65 bits per heavy atom. The molecule has 3 nitrogen and oxygen atoms in total. The van der Waals surface area contributed by atoms with E-state index >= 15 is 0 Å². The Labute approximate surface area is 134 Å². The lowest BCUT2D eigenvalue weighted by Gasteiger charge is -2.24. The van der Waals surface area contributed by atoms with Crippen LogP contribution in [0.5, 0.6) is 0 Å².